The predicted octanol–water partition coefficient (Wildman–Crippen LogP) is 6.19. The number of Topliss-reactive ketones (excluding diaryl/α,β-unsaturated/α-hetero) is 1. The van der Waals surface area contributed by atoms with Crippen molar-refractivity contribution in [2.45, 2.75) is 84.7 Å². The van der Waals surface area contributed by atoms with Crippen LogP contribution in [0.25, 0.3) is 0 Å². The minimum atomic E-state index is -0.444. The maximum atomic E-state index is 13.3. The number of rotatable bonds is 15. The number of phenolic OH excluding ortho intramolecular Hbond substituents is 1. The molecule has 2 rings (SSSR count). The SMILES string of the molecule is CCCC[C@H](Cc1cc[nH]c1)[C@H](CC(=O)C[C@H](CC(C)C)c1ccc(O)c(OC)c1)OC(C)=O. The van der Waals surface area contributed by atoms with Gasteiger partial charge in [-0.3, -0.25) is 9.59 Å². The van der Waals surface area contributed by atoms with Gasteiger partial charge in [0, 0.05) is 38.1 Å². The lowest BCUT2D eigenvalue weighted by molar-refractivity contribution is -0.150. The van der Waals surface area contributed by atoms with E-state index in [-0.39, 0.29) is 35.8 Å². The number of carbonyl (C=O) groups excluding carboxylic acids is 2. The highest BCUT2D eigenvalue weighted by molar-refractivity contribution is 5.80. The molecule has 2 N–H and O–H groups in total. The van der Waals surface area contributed by atoms with Crippen LogP contribution in [0.15, 0.2) is 36.7 Å². The first-order chi connectivity index (χ1) is 16.2. The van der Waals surface area contributed by atoms with E-state index in [9.17, 15) is 14.7 Å². The number of aromatic nitrogens is 1. The first-order valence-corrected chi connectivity index (χ1v) is 12.4. The van der Waals surface area contributed by atoms with Crippen LogP contribution in [0, 0.1) is 11.8 Å². The summed E-state index contributed by atoms with van der Waals surface area (Å²) in [6.07, 6.45) is 8.53. The van der Waals surface area contributed by atoms with Crippen molar-refractivity contribution < 1.29 is 24.2 Å². The van der Waals surface area contributed by atoms with E-state index in [0.717, 1.165) is 43.2 Å². The Hall–Kier alpha value is -2.76. The van der Waals surface area contributed by atoms with Gasteiger partial charge in [0.1, 0.15) is 11.9 Å². The van der Waals surface area contributed by atoms with E-state index in [1.807, 2.05) is 30.6 Å². The molecule has 6 nitrogen and oxygen atoms in total. The first kappa shape index (κ1) is 27.5. The molecule has 1 aromatic heterocycles. The molecule has 0 aliphatic carbocycles. The topological polar surface area (TPSA) is 88.6 Å². The first-order valence-electron chi connectivity index (χ1n) is 12.4. The molecule has 0 unspecified atom stereocenters. The molecule has 0 saturated heterocycles. The van der Waals surface area contributed by atoms with Gasteiger partial charge in [0.25, 0.3) is 0 Å². The highest BCUT2D eigenvalue weighted by Crippen LogP contribution is 2.35. The molecule has 0 aliphatic heterocycles. The Bertz CT molecular complexity index is 890. The summed E-state index contributed by atoms with van der Waals surface area (Å²) in [5.74, 6) is 0.698. The monoisotopic (exact) mass is 471 g/mol. The molecule has 188 valence electrons. The average molecular weight is 472 g/mol. The molecule has 0 aliphatic rings. The van der Waals surface area contributed by atoms with E-state index in [1.54, 1.807) is 6.07 Å². The van der Waals surface area contributed by atoms with Crippen LogP contribution >= 0.6 is 0 Å². The third kappa shape index (κ3) is 8.88. The number of phenols is 1. The summed E-state index contributed by atoms with van der Waals surface area (Å²) < 4.78 is 11.0. The Morgan fingerprint density at radius 3 is 2.50 bits per heavy atom. The molecule has 0 radical (unpaired) electrons. The number of H-pyrrole nitrogens is 1. The lowest BCUT2D eigenvalue weighted by Crippen LogP contribution is -2.31. The van der Waals surface area contributed by atoms with Crippen molar-refractivity contribution >= 4 is 11.8 Å². The molecule has 6 heteroatoms. The summed E-state index contributed by atoms with van der Waals surface area (Å²) in [6, 6.07) is 7.32. The molecule has 1 heterocycles. The lowest BCUT2D eigenvalue weighted by atomic mass is 9.83. The lowest BCUT2D eigenvalue weighted by Gasteiger charge is -2.27. The number of aromatic hydroxyl groups is 1. The fourth-order valence-electron chi connectivity index (χ4n) is 4.63. The fourth-order valence-corrected chi connectivity index (χ4v) is 4.63. The van der Waals surface area contributed by atoms with Crippen molar-refractivity contribution in [2.75, 3.05) is 7.11 Å². The number of nitrogens with one attached hydrogen (secondary N) is 1. The smallest absolute Gasteiger partial charge is 0.302 e. The van der Waals surface area contributed by atoms with Crippen molar-refractivity contribution in [2.24, 2.45) is 11.8 Å². The number of benzene rings is 1. The van der Waals surface area contributed by atoms with Crippen molar-refractivity contribution in [1.82, 2.24) is 4.98 Å². The molecular formula is C28H41NO5. The van der Waals surface area contributed by atoms with Crippen LogP contribution in [0.5, 0.6) is 11.5 Å². The quantitative estimate of drug-likeness (QED) is 0.302. The van der Waals surface area contributed by atoms with E-state index < -0.39 is 6.10 Å². The van der Waals surface area contributed by atoms with Crippen molar-refractivity contribution in [3.63, 3.8) is 0 Å². The summed E-state index contributed by atoms with van der Waals surface area (Å²) in [7, 11) is 1.52. The standard InChI is InChI=1S/C28H41NO5/c1-6-7-8-23(14-21-11-12-29-18-21)27(34-20(4)30)17-25(31)15-24(13-19(2)3)22-9-10-26(32)28(16-22)33-5/h9-12,16,18-19,23-24,27,29,32H,6-8,13-15,17H2,1-5H3/t23-,24+,27+/m1/s1. The molecule has 1 aromatic carbocycles. The van der Waals surface area contributed by atoms with Crippen LogP contribution in [0.2, 0.25) is 0 Å². The maximum absolute atomic E-state index is 13.3. The zero-order valence-electron chi connectivity index (χ0n) is 21.3. The van der Waals surface area contributed by atoms with E-state index in [4.69, 9.17) is 9.47 Å². The maximum Gasteiger partial charge on any atom is 0.302 e. The van der Waals surface area contributed by atoms with Gasteiger partial charge in [-0.15, -0.1) is 0 Å². The number of esters is 1. The van der Waals surface area contributed by atoms with Crippen molar-refractivity contribution in [1.29, 1.82) is 0 Å². The highest BCUT2D eigenvalue weighted by atomic mass is 16.5. The minimum Gasteiger partial charge on any atom is -0.504 e. The van der Waals surface area contributed by atoms with Gasteiger partial charge in [-0.2, -0.15) is 0 Å². The van der Waals surface area contributed by atoms with Gasteiger partial charge < -0.3 is 19.6 Å². The van der Waals surface area contributed by atoms with Gasteiger partial charge in [-0.1, -0.05) is 39.7 Å². The van der Waals surface area contributed by atoms with Crippen LogP contribution in [0.1, 0.15) is 83.3 Å². The number of hydrogen-bond donors (Lipinski definition) is 2. The second-order valence-electron chi connectivity index (χ2n) is 9.68. The molecule has 0 fully saturated rings. The molecule has 34 heavy (non-hydrogen) atoms. The second-order valence-corrected chi connectivity index (χ2v) is 9.68. The van der Waals surface area contributed by atoms with Gasteiger partial charge in [0.15, 0.2) is 11.5 Å². The largest absolute Gasteiger partial charge is 0.504 e. The van der Waals surface area contributed by atoms with Gasteiger partial charge >= 0.3 is 5.97 Å². The Balaban J connectivity index is 2.21. The van der Waals surface area contributed by atoms with Crippen molar-refractivity contribution in [3.8, 4) is 11.5 Å². The van der Waals surface area contributed by atoms with Crippen LogP contribution in [-0.4, -0.2) is 35.1 Å². The van der Waals surface area contributed by atoms with E-state index in [2.05, 4.69) is 25.8 Å². The van der Waals surface area contributed by atoms with Gasteiger partial charge in [0.2, 0.25) is 0 Å². The summed E-state index contributed by atoms with van der Waals surface area (Å²) in [5.41, 5.74) is 2.12. The molecule has 0 bridgehead atoms. The molecule has 2 aromatic rings. The van der Waals surface area contributed by atoms with Crippen LogP contribution < -0.4 is 4.74 Å². The number of ketones is 1. The summed E-state index contributed by atoms with van der Waals surface area (Å²) >= 11 is 0. The molecule has 0 saturated carbocycles. The van der Waals surface area contributed by atoms with Crippen LogP contribution in [0.3, 0.4) is 0 Å². The number of aromatic amines is 1. The highest BCUT2D eigenvalue weighted by Gasteiger charge is 2.29. The average Bonchev–Trinajstić information content (AvgIpc) is 3.28. The summed E-state index contributed by atoms with van der Waals surface area (Å²) in [4.78, 5) is 28.3. The second kappa shape index (κ2) is 13.8. The summed E-state index contributed by atoms with van der Waals surface area (Å²) in [6.45, 7) is 7.82. The van der Waals surface area contributed by atoms with Crippen molar-refractivity contribution in [3.05, 3.63) is 47.8 Å². The van der Waals surface area contributed by atoms with E-state index in [0.29, 0.717) is 18.1 Å². The van der Waals surface area contributed by atoms with E-state index >= 15 is 0 Å². The van der Waals surface area contributed by atoms with E-state index in [1.165, 1.54) is 14.0 Å². The number of unbranched alkanes of at least 4 members (excludes halogenated alkanes) is 1. The normalized spacial score (nSPS) is 13.9. The molecule has 3 atom stereocenters. The Kier molecular flexibility index (Phi) is 11.2. The summed E-state index contributed by atoms with van der Waals surface area (Å²) in [5, 5.41) is 9.98. The zero-order chi connectivity index (χ0) is 25.1. The van der Waals surface area contributed by atoms with Gasteiger partial charge in [-0.05, 0) is 60.4 Å². The number of ether oxygens (including phenoxy) is 2. The predicted molar refractivity (Wildman–Crippen MR) is 134 cm³/mol. The Morgan fingerprint density at radius 2 is 1.91 bits per heavy atom. The molecule has 0 amide bonds. The minimum absolute atomic E-state index is 0.00116. The number of methoxy groups -OCH3 is 1. The Morgan fingerprint density at radius 1 is 1.15 bits per heavy atom. The van der Waals surface area contributed by atoms with Gasteiger partial charge in [-0.25, -0.2) is 0 Å². The molecular weight excluding hydrogens is 430 g/mol. The number of carbonyl (C=O) groups is 2. The third-order valence-corrected chi connectivity index (χ3v) is 6.27. The molecule has 0 spiro atoms. The third-order valence-electron chi connectivity index (χ3n) is 6.27. The fraction of sp³-hybridized carbons (Fsp3) is 0.571. The zero-order valence-corrected chi connectivity index (χ0v) is 21.3. The number of hydrogen-bond acceptors (Lipinski definition) is 5. The van der Waals surface area contributed by atoms with Gasteiger partial charge in [0.05, 0.1) is 7.11 Å². The Labute approximate surface area is 204 Å². The van der Waals surface area contributed by atoms with Crippen LogP contribution in [0.4, 0.5) is 0 Å². The van der Waals surface area contributed by atoms with Crippen LogP contribution in [-0.2, 0) is 20.7 Å².